The minimum atomic E-state index is -0.0805. The number of rotatable bonds is 4. The van der Waals surface area contributed by atoms with Crippen LogP contribution in [0.4, 0.5) is 0 Å². The molecule has 0 amide bonds. The minimum Gasteiger partial charge on any atom is -0.325 e. The lowest BCUT2D eigenvalue weighted by Crippen LogP contribution is -2.38. The lowest BCUT2D eigenvalue weighted by molar-refractivity contribution is 0.421. The van der Waals surface area contributed by atoms with Crippen LogP contribution in [0.15, 0.2) is 10.9 Å². The Kier molecular flexibility index (Phi) is 3.23. The first-order chi connectivity index (χ1) is 5.64. The number of hydrogen-bond acceptors (Lipinski definition) is 3. The van der Waals surface area contributed by atoms with Crippen LogP contribution in [0.25, 0.3) is 0 Å². The molecule has 0 saturated heterocycles. The van der Waals surface area contributed by atoms with E-state index in [1.54, 1.807) is 11.3 Å². The molecule has 0 bridgehead atoms. The molecule has 0 fully saturated rings. The second-order valence-corrected chi connectivity index (χ2v) is 4.28. The zero-order chi connectivity index (χ0) is 9.03. The van der Waals surface area contributed by atoms with Gasteiger partial charge in [-0.15, -0.1) is 11.3 Å². The third-order valence-electron chi connectivity index (χ3n) is 1.89. The topological polar surface area (TPSA) is 38.9 Å². The van der Waals surface area contributed by atoms with Crippen molar-refractivity contribution in [1.82, 2.24) is 4.98 Å². The Morgan fingerprint density at radius 3 is 2.92 bits per heavy atom. The van der Waals surface area contributed by atoms with Crippen LogP contribution in [0.3, 0.4) is 0 Å². The molecule has 1 rings (SSSR count). The molecule has 2 nitrogen and oxygen atoms in total. The quantitative estimate of drug-likeness (QED) is 0.779. The average molecular weight is 184 g/mol. The molecule has 2 N–H and O–H groups in total. The van der Waals surface area contributed by atoms with E-state index < -0.39 is 0 Å². The normalized spacial score (nSPS) is 15.9. The van der Waals surface area contributed by atoms with E-state index in [9.17, 15) is 0 Å². The van der Waals surface area contributed by atoms with E-state index in [1.165, 1.54) is 0 Å². The largest absolute Gasteiger partial charge is 0.325 e. The molecule has 1 aromatic rings. The minimum absolute atomic E-state index is 0.0805. The van der Waals surface area contributed by atoms with Gasteiger partial charge in [-0.2, -0.15) is 0 Å². The Hall–Kier alpha value is -0.410. The average Bonchev–Trinajstić information content (AvgIpc) is 2.38. The maximum atomic E-state index is 6.08. The smallest absolute Gasteiger partial charge is 0.0794 e. The first-order valence-electron chi connectivity index (χ1n) is 4.30. The van der Waals surface area contributed by atoms with Crippen molar-refractivity contribution in [3.05, 3.63) is 16.6 Å². The van der Waals surface area contributed by atoms with Crippen LogP contribution in [-0.4, -0.2) is 10.5 Å². The van der Waals surface area contributed by atoms with Gasteiger partial charge in [-0.1, -0.05) is 13.3 Å². The van der Waals surface area contributed by atoms with E-state index >= 15 is 0 Å². The standard InChI is InChI=1S/C9H16N2S/c1-3-4-9(2,10)5-8-6-12-7-11-8/h6-7H,3-5,10H2,1-2H3. The Morgan fingerprint density at radius 1 is 1.67 bits per heavy atom. The van der Waals surface area contributed by atoms with Gasteiger partial charge in [-0.25, -0.2) is 4.98 Å². The van der Waals surface area contributed by atoms with Crippen molar-refractivity contribution >= 4 is 11.3 Å². The van der Waals surface area contributed by atoms with Crippen molar-refractivity contribution in [3.63, 3.8) is 0 Å². The van der Waals surface area contributed by atoms with Crippen molar-refractivity contribution in [2.45, 2.75) is 38.6 Å². The first kappa shape index (κ1) is 9.68. The molecule has 0 aliphatic heterocycles. The van der Waals surface area contributed by atoms with E-state index in [4.69, 9.17) is 5.73 Å². The van der Waals surface area contributed by atoms with Crippen molar-refractivity contribution in [2.24, 2.45) is 5.73 Å². The van der Waals surface area contributed by atoms with E-state index in [0.717, 1.165) is 25.0 Å². The third kappa shape index (κ3) is 2.91. The lowest BCUT2D eigenvalue weighted by atomic mass is 9.92. The van der Waals surface area contributed by atoms with Crippen LogP contribution in [0.2, 0.25) is 0 Å². The SMILES string of the molecule is CCCC(C)(N)Cc1cscn1. The van der Waals surface area contributed by atoms with Gasteiger partial charge in [0.2, 0.25) is 0 Å². The monoisotopic (exact) mass is 184 g/mol. The van der Waals surface area contributed by atoms with Crippen molar-refractivity contribution < 1.29 is 0 Å². The fraction of sp³-hybridized carbons (Fsp3) is 0.667. The van der Waals surface area contributed by atoms with Gasteiger partial charge in [0.15, 0.2) is 0 Å². The second-order valence-electron chi connectivity index (χ2n) is 3.56. The molecule has 0 saturated carbocycles. The highest BCUT2D eigenvalue weighted by molar-refractivity contribution is 7.07. The lowest BCUT2D eigenvalue weighted by Gasteiger charge is -2.22. The molecule has 1 aromatic heterocycles. The summed E-state index contributed by atoms with van der Waals surface area (Å²) in [6, 6.07) is 0. The highest BCUT2D eigenvalue weighted by Gasteiger charge is 2.18. The molecule has 0 aromatic carbocycles. The number of nitrogens with zero attached hydrogens (tertiary/aromatic N) is 1. The molecule has 0 spiro atoms. The van der Waals surface area contributed by atoms with Gasteiger partial charge in [0, 0.05) is 17.3 Å². The maximum Gasteiger partial charge on any atom is 0.0794 e. The molecule has 1 unspecified atom stereocenters. The van der Waals surface area contributed by atoms with Crippen LogP contribution in [-0.2, 0) is 6.42 Å². The van der Waals surface area contributed by atoms with Gasteiger partial charge < -0.3 is 5.73 Å². The van der Waals surface area contributed by atoms with E-state index in [-0.39, 0.29) is 5.54 Å². The summed E-state index contributed by atoms with van der Waals surface area (Å²) in [5, 5.41) is 2.07. The maximum absolute atomic E-state index is 6.08. The van der Waals surface area contributed by atoms with Crippen LogP contribution < -0.4 is 5.73 Å². The van der Waals surface area contributed by atoms with Crippen molar-refractivity contribution in [2.75, 3.05) is 0 Å². The highest BCUT2D eigenvalue weighted by Crippen LogP contribution is 2.15. The van der Waals surface area contributed by atoms with Crippen LogP contribution in [0, 0.1) is 0 Å². The molecule has 68 valence electrons. The molecule has 3 heteroatoms. The molecule has 0 radical (unpaired) electrons. The number of nitrogens with two attached hydrogens (primary N) is 1. The van der Waals surface area contributed by atoms with Gasteiger partial charge in [0.1, 0.15) is 0 Å². The van der Waals surface area contributed by atoms with E-state index in [1.807, 2.05) is 5.51 Å². The van der Waals surface area contributed by atoms with Crippen molar-refractivity contribution in [1.29, 1.82) is 0 Å². The zero-order valence-corrected chi connectivity index (χ0v) is 8.53. The van der Waals surface area contributed by atoms with E-state index in [0.29, 0.717) is 0 Å². The summed E-state index contributed by atoms with van der Waals surface area (Å²) in [7, 11) is 0. The summed E-state index contributed by atoms with van der Waals surface area (Å²) in [6.45, 7) is 4.25. The summed E-state index contributed by atoms with van der Waals surface area (Å²) in [5.74, 6) is 0. The van der Waals surface area contributed by atoms with E-state index in [2.05, 4.69) is 24.2 Å². The molecular weight excluding hydrogens is 168 g/mol. The van der Waals surface area contributed by atoms with Gasteiger partial charge >= 0.3 is 0 Å². The molecule has 1 heterocycles. The highest BCUT2D eigenvalue weighted by atomic mass is 32.1. The van der Waals surface area contributed by atoms with Gasteiger partial charge in [0.05, 0.1) is 11.2 Å². The summed E-state index contributed by atoms with van der Waals surface area (Å²) in [4.78, 5) is 4.22. The predicted octanol–water partition coefficient (Wildman–Crippen LogP) is 2.20. The van der Waals surface area contributed by atoms with Gasteiger partial charge in [-0.3, -0.25) is 0 Å². The summed E-state index contributed by atoms with van der Waals surface area (Å²) in [6.07, 6.45) is 3.09. The summed E-state index contributed by atoms with van der Waals surface area (Å²) < 4.78 is 0. The summed E-state index contributed by atoms with van der Waals surface area (Å²) >= 11 is 1.63. The van der Waals surface area contributed by atoms with Crippen LogP contribution in [0.5, 0.6) is 0 Å². The fourth-order valence-corrected chi connectivity index (χ4v) is 1.96. The zero-order valence-electron chi connectivity index (χ0n) is 7.71. The Morgan fingerprint density at radius 2 is 2.42 bits per heavy atom. The second kappa shape index (κ2) is 4.01. The molecule has 0 aliphatic carbocycles. The first-order valence-corrected chi connectivity index (χ1v) is 5.24. The third-order valence-corrected chi connectivity index (χ3v) is 2.52. The Bertz CT molecular complexity index is 216. The van der Waals surface area contributed by atoms with Crippen LogP contribution >= 0.6 is 11.3 Å². The summed E-state index contributed by atoms with van der Waals surface area (Å²) in [5.41, 5.74) is 8.98. The molecule has 0 aliphatic rings. The Balaban J connectivity index is 2.50. The van der Waals surface area contributed by atoms with Crippen LogP contribution in [0.1, 0.15) is 32.4 Å². The fourth-order valence-electron chi connectivity index (χ4n) is 1.40. The van der Waals surface area contributed by atoms with Gasteiger partial charge in [-0.05, 0) is 13.3 Å². The Labute approximate surface area is 77.8 Å². The van der Waals surface area contributed by atoms with Gasteiger partial charge in [0.25, 0.3) is 0 Å². The predicted molar refractivity (Wildman–Crippen MR) is 53.3 cm³/mol. The molecule has 12 heavy (non-hydrogen) atoms. The molecule has 1 atom stereocenters. The number of thiazole rings is 1. The molecular formula is C9H16N2S. The number of aromatic nitrogens is 1. The van der Waals surface area contributed by atoms with Crippen molar-refractivity contribution in [3.8, 4) is 0 Å². The number of hydrogen-bond donors (Lipinski definition) is 1.